The molecule has 1 aliphatic carbocycles. The van der Waals surface area contributed by atoms with Gasteiger partial charge in [-0.3, -0.25) is 0 Å². The lowest BCUT2D eigenvalue weighted by Gasteiger charge is -2.19. The minimum atomic E-state index is -0.351. The standard InChI is InChI=1S/C13H15ClFN/c14-11-7-4-8-12(13(11)15)16-9-10-5-2-1-3-6-10/h1-2,4,7-8,10,16H,3,5-6,9H2. The molecule has 1 unspecified atom stereocenters. The van der Waals surface area contributed by atoms with Crippen molar-refractivity contribution < 1.29 is 4.39 Å². The van der Waals surface area contributed by atoms with E-state index in [4.69, 9.17) is 11.6 Å². The summed E-state index contributed by atoms with van der Waals surface area (Å²) in [5, 5.41) is 3.30. The summed E-state index contributed by atoms with van der Waals surface area (Å²) in [5.74, 6) is 0.249. The van der Waals surface area contributed by atoms with Gasteiger partial charge in [0.1, 0.15) is 0 Å². The number of allylic oxidation sites excluding steroid dienone is 2. The van der Waals surface area contributed by atoms with Crippen molar-refractivity contribution >= 4 is 17.3 Å². The van der Waals surface area contributed by atoms with Crippen LogP contribution in [-0.4, -0.2) is 6.54 Å². The molecule has 1 aliphatic rings. The van der Waals surface area contributed by atoms with Gasteiger partial charge >= 0.3 is 0 Å². The molecule has 0 fully saturated rings. The van der Waals surface area contributed by atoms with E-state index in [1.54, 1.807) is 18.2 Å². The van der Waals surface area contributed by atoms with Crippen molar-refractivity contribution in [1.29, 1.82) is 0 Å². The molecular weight excluding hydrogens is 225 g/mol. The van der Waals surface area contributed by atoms with Crippen molar-refractivity contribution in [3.05, 3.63) is 41.2 Å². The third kappa shape index (κ3) is 2.76. The minimum Gasteiger partial charge on any atom is -0.382 e. The molecule has 0 spiro atoms. The van der Waals surface area contributed by atoms with E-state index >= 15 is 0 Å². The van der Waals surface area contributed by atoms with Crippen LogP contribution >= 0.6 is 11.6 Å². The summed E-state index contributed by atoms with van der Waals surface area (Å²) < 4.78 is 13.5. The van der Waals surface area contributed by atoms with Crippen LogP contribution in [-0.2, 0) is 0 Å². The molecule has 0 amide bonds. The van der Waals surface area contributed by atoms with Crippen LogP contribution in [0.4, 0.5) is 10.1 Å². The number of rotatable bonds is 3. The maximum Gasteiger partial charge on any atom is 0.164 e. The molecule has 1 N–H and O–H groups in total. The van der Waals surface area contributed by atoms with E-state index in [0.717, 1.165) is 19.4 Å². The summed E-state index contributed by atoms with van der Waals surface area (Å²) in [6.45, 7) is 0.807. The van der Waals surface area contributed by atoms with Gasteiger partial charge in [0.25, 0.3) is 0 Å². The highest BCUT2D eigenvalue weighted by atomic mass is 35.5. The van der Waals surface area contributed by atoms with Crippen molar-refractivity contribution in [3.63, 3.8) is 0 Å². The second-order valence-corrected chi connectivity index (χ2v) is 4.54. The molecule has 1 nitrogen and oxygen atoms in total. The smallest absolute Gasteiger partial charge is 0.164 e. The Balaban J connectivity index is 1.94. The van der Waals surface area contributed by atoms with Crippen LogP contribution in [0.5, 0.6) is 0 Å². The van der Waals surface area contributed by atoms with Gasteiger partial charge in [-0.15, -0.1) is 0 Å². The Morgan fingerprint density at radius 1 is 1.38 bits per heavy atom. The number of hydrogen-bond donors (Lipinski definition) is 1. The third-order valence-electron chi connectivity index (χ3n) is 2.91. The van der Waals surface area contributed by atoms with E-state index in [0.29, 0.717) is 11.6 Å². The number of benzene rings is 1. The fraction of sp³-hybridized carbons (Fsp3) is 0.385. The molecule has 0 radical (unpaired) electrons. The normalized spacial score (nSPS) is 19.8. The van der Waals surface area contributed by atoms with Crippen molar-refractivity contribution in [2.75, 3.05) is 11.9 Å². The maximum absolute atomic E-state index is 13.5. The number of halogens is 2. The van der Waals surface area contributed by atoms with Crippen molar-refractivity contribution in [1.82, 2.24) is 0 Å². The van der Waals surface area contributed by atoms with Crippen LogP contribution in [0.25, 0.3) is 0 Å². The molecule has 1 aromatic rings. The largest absolute Gasteiger partial charge is 0.382 e. The summed E-state index contributed by atoms with van der Waals surface area (Å²) in [4.78, 5) is 0. The predicted molar refractivity (Wildman–Crippen MR) is 66.4 cm³/mol. The average molecular weight is 240 g/mol. The Morgan fingerprint density at radius 3 is 3.00 bits per heavy atom. The van der Waals surface area contributed by atoms with Gasteiger partial charge in [-0.1, -0.05) is 29.8 Å². The molecule has 0 saturated heterocycles. The van der Waals surface area contributed by atoms with Crippen LogP contribution in [0.3, 0.4) is 0 Å². The van der Waals surface area contributed by atoms with E-state index in [1.807, 2.05) is 0 Å². The molecule has 0 saturated carbocycles. The zero-order valence-electron chi connectivity index (χ0n) is 9.05. The first-order valence-electron chi connectivity index (χ1n) is 5.60. The molecule has 0 bridgehead atoms. The first-order valence-corrected chi connectivity index (χ1v) is 5.98. The van der Waals surface area contributed by atoms with E-state index in [2.05, 4.69) is 17.5 Å². The summed E-state index contributed by atoms with van der Waals surface area (Å²) in [7, 11) is 0. The van der Waals surface area contributed by atoms with Gasteiger partial charge in [0.15, 0.2) is 5.82 Å². The molecule has 2 rings (SSSR count). The molecule has 86 valence electrons. The van der Waals surface area contributed by atoms with Crippen LogP contribution in [0.1, 0.15) is 19.3 Å². The molecule has 0 heterocycles. The van der Waals surface area contributed by atoms with Crippen molar-refractivity contribution in [2.24, 2.45) is 5.92 Å². The number of hydrogen-bond acceptors (Lipinski definition) is 1. The topological polar surface area (TPSA) is 12.0 Å². The molecular formula is C13H15ClFN. The first kappa shape index (κ1) is 11.5. The summed E-state index contributed by atoms with van der Waals surface area (Å²) >= 11 is 5.71. The Labute approximate surface area is 100 Å². The molecule has 0 aromatic heterocycles. The van der Waals surface area contributed by atoms with Crippen LogP contribution in [0.15, 0.2) is 30.4 Å². The van der Waals surface area contributed by atoms with E-state index in [-0.39, 0.29) is 10.8 Å². The summed E-state index contributed by atoms with van der Waals surface area (Å²) in [6.07, 6.45) is 7.78. The van der Waals surface area contributed by atoms with Gasteiger partial charge in [0.2, 0.25) is 0 Å². The number of anilines is 1. The highest BCUT2D eigenvalue weighted by molar-refractivity contribution is 6.31. The van der Waals surface area contributed by atoms with E-state index in [9.17, 15) is 4.39 Å². The Bertz CT molecular complexity index is 390. The molecule has 1 aromatic carbocycles. The zero-order valence-corrected chi connectivity index (χ0v) is 9.80. The Kier molecular flexibility index (Phi) is 3.83. The molecule has 0 aliphatic heterocycles. The second kappa shape index (κ2) is 5.35. The highest BCUT2D eigenvalue weighted by Crippen LogP contribution is 2.24. The van der Waals surface area contributed by atoms with Gasteiger partial charge in [-0.25, -0.2) is 4.39 Å². The molecule has 1 atom stereocenters. The summed E-state index contributed by atoms with van der Waals surface area (Å²) in [6, 6.07) is 5.04. The van der Waals surface area contributed by atoms with Crippen LogP contribution < -0.4 is 5.32 Å². The van der Waals surface area contributed by atoms with E-state index < -0.39 is 0 Å². The maximum atomic E-state index is 13.5. The third-order valence-corrected chi connectivity index (χ3v) is 3.20. The van der Waals surface area contributed by atoms with Crippen LogP contribution in [0.2, 0.25) is 5.02 Å². The van der Waals surface area contributed by atoms with Crippen LogP contribution in [0, 0.1) is 11.7 Å². The van der Waals surface area contributed by atoms with Gasteiger partial charge in [0, 0.05) is 6.54 Å². The zero-order chi connectivity index (χ0) is 11.4. The monoisotopic (exact) mass is 239 g/mol. The Hall–Kier alpha value is -1.02. The quantitative estimate of drug-likeness (QED) is 0.778. The van der Waals surface area contributed by atoms with Gasteiger partial charge in [0.05, 0.1) is 10.7 Å². The van der Waals surface area contributed by atoms with Crippen molar-refractivity contribution in [2.45, 2.75) is 19.3 Å². The minimum absolute atomic E-state index is 0.175. The van der Waals surface area contributed by atoms with Gasteiger partial charge in [-0.2, -0.15) is 0 Å². The summed E-state index contributed by atoms with van der Waals surface area (Å²) in [5.41, 5.74) is 0.502. The lowest BCUT2D eigenvalue weighted by molar-refractivity contribution is 0.502. The van der Waals surface area contributed by atoms with E-state index in [1.165, 1.54) is 6.42 Å². The van der Waals surface area contributed by atoms with Gasteiger partial charge in [-0.05, 0) is 37.3 Å². The number of nitrogens with one attached hydrogen (secondary N) is 1. The van der Waals surface area contributed by atoms with Gasteiger partial charge < -0.3 is 5.32 Å². The fourth-order valence-corrected chi connectivity index (χ4v) is 2.11. The lowest BCUT2D eigenvalue weighted by Crippen LogP contribution is -2.16. The first-order chi connectivity index (χ1) is 7.77. The fourth-order valence-electron chi connectivity index (χ4n) is 1.94. The predicted octanol–water partition coefficient (Wildman–Crippen LogP) is 4.25. The second-order valence-electron chi connectivity index (χ2n) is 4.13. The highest BCUT2D eigenvalue weighted by Gasteiger charge is 2.11. The van der Waals surface area contributed by atoms with Crippen molar-refractivity contribution in [3.8, 4) is 0 Å². The molecule has 3 heteroatoms. The average Bonchev–Trinajstić information content (AvgIpc) is 2.32. The Morgan fingerprint density at radius 2 is 2.25 bits per heavy atom. The molecule has 16 heavy (non-hydrogen) atoms. The SMILES string of the molecule is Fc1c(Cl)cccc1NCC1CC=CCC1. The lowest BCUT2D eigenvalue weighted by atomic mass is 9.94.